The van der Waals surface area contributed by atoms with E-state index in [2.05, 4.69) is 21.3 Å². The maximum atomic E-state index is 13.8. The van der Waals surface area contributed by atoms with Gasteiger partial charge in [-0.2, -0.15) is 0 Å². The molecule has 0 saturated carbocycles. The maximum Gasteiger partial charge on any atom is 0.180 e. The molecule has 0 spiro atoms. The molecule has 3 aromatic rings. The molecule has 0 radical (unpaired) electrons. The average molecular weight is 396 g/mol. The monoisotopic (exact) mass is 396 g/mol. The third-order valence-electron chi connectivity index (χ3n) is 5.70. The lowest BCUT2D eigenvalue weighted by Crippen LogP contribution is -2.37. The molecule has 7 nitrogen and oxygen atoms in total. The molecule has 0 amide bonds. The molecule has 0 aliphatic carbocycles. The Morgan fingerprint density at radius 2 is 2.10 bits per heavy atom. The molecule has 3 aromatic heterocycles. The molecule has 0 bridgehead atoms. The number of fused-ring (bicyclic) bond motifs is 1. The van der Waals surface area contributed by atoms with Gasteiger partial charge in [-0.25, -0.2) is 19.3 Å². The highest BCUT2D eigenvalue weighted by Crippen LogP contribution is 2.25. The number of hydrogen-bond acceptors (Lipinski definition) is 6. The highest BCUT2D eigenvalue weighted by Gasteiger charge is 2.20. The fraction of sp³-hybridized carbons (Fsp3) is 0.476. The van der Waals surface area contributed by atoms with Gasteiger partial charge in [0.05, 0.1) is 19.4 Å². The summed E-state index contributed by atoms with van der Waals surface area (Å²) in [6, 6.07) is 5.19. The van der Waals surface area contributed by atoms with E-state index in [0.29, 0.717) is 36.3 Å². The smallest absolute Gasteiger partial charge is 0.180 e. The van der Waals surface area contributed by atoms with Gasteiger partial charge in [0.15, 0.2) is 5.82 Å². The van der Waals surface area contributed by atoms with Crippen LogP contribution in [0.5, 0.6) is 0 Å². The Kier molecular flexibility index (Phi) is 5.12. The molecule has 29 heavy (non-hydrogen) atoms. The van der Waals surface area contributed by atoms with E-state index in [1.165, 1.54) is 25.1 Å². The van der Waals surface area contributed by atoms with Crippen molar-refractivity contribution in [1.82, 2.24) is 24.7 Å². The predicted octanol–water partition coefficient (Wildman–Crippen LogP) is 2.31. The first-order valence-corrected chi connectivity index (χ1v) is 10.3. The number of nitrogens with one attached hydrogen (secondary N) is 1. The van der Waals surface area contributed by atoms with Crippen LogP contribution in [0.2, 0.25) is 0 Å². The van der Waals surface area contributed by atoms with Gasteiger partial charge in [-0.1, -0.05) is 0 Å². The van der Waals surface area contributed by atoms with Crippen LogP contribution < -0.4 is 10.2 Å². The number of pyridine rings is 1. The quantitative estimate of drug-likeness (QED) is 0.730. The minimum absolute atomic E-state index is 0.311. The lowest BCUT2D eigenvalue weighted by Gasteiger charge is -2.29. The Bertz CT molecular complexity index is 994. The topological polar surface area (TPSA) is 67.6 Å². The average Bonchev–Trinajstić information content (AvgIpc) is 3.18. The van der Waals surface area contributed by atoms with Crippen LogP contribution >= 0.6 is 0 Å². The van der Waals surface area contributed by atoms with Gasteiger partial charge >= 0.3 is 0 Å². The Balaban J connectivity index is 1.55. The Labute approximate surface area is 168 Å². The Morgan fingerprint density at radius 1 is 1.21 bits per heavy atom. The third kappa shape index (κ3) is 3.95. The van der Waals surface area contributed by atoms with E-state index in [-0.39, 0.29) is 5.82 Å². The third-order valence-corrected chi connectivity index (χ3v) is 5.70. The number of ether oxygens (including phenoxy) is 1. The molecule has 2 aliphatic rings. The first-order chi connectivity index (χ1) is 14.3. The number of imidazole rings is 1. The van der Waals surface area contributed by atoms with Gasteiger partial charge in [0, 0.05) is 31.0 Å². The number of rotatable bonds is 4. The summed E-state index contributed by atoms with van der Waals surface area (Å²) < 4.78 is 21.1. The lowest BCUT2D eigenvalue weighted by atomic mass is 9.94. The largest absolute Gasteiger partial charge is 0.378 e. The number of nitrogens with zero attached hydrogens (tertiary/aromatic N) is 5. The summed E-state index contributed by atoms with van der Waals surface area (Å²) in [5.74, 6) is 1.76. The second kappa shape index (κ2) is 8.04. The zero-order chi connectivity index (χ0) is 19.6. The second-order valence-corrected chi connectivity index (χ2v) is 7.78. The highest BCUT2D eigenvalue weighted by molar-refractivity contribution is 5.59. The SMILES string of the molecule is Fc1ccc2ncc(-c3nc(C[C@@H]4CCCNC4)cc(N4CCOCC4)n3)n2c1. The number of anilines is 1. The predicted molar refractivity (Wildman–Crippen MR) is 109 cm³/mol. The van der Waals surface area contributed by atoms with E-state index in [4.69, 9.17) is 14.7 Å². The van der Waals surface area contributed by atoms with Crippen LogP contribution in [0.4, 0.5) is 10.2 Å². The van der Waals surface area contributed by atoms with Gasteiger partial charge in [-0.05, 0) is 50.4 Å². The van der Waals surface area contributed by atoms with Crippen LogP contribution in [0.25, 0.3) is 17.2 Å². The van der Waals surface area contributed by atoms with Crippen molar-refractivity contribution in [3.05, 3.63) is 42.1 Å². The molecule has 2 fully saturated rings. The molecule has 2 aliphatic heterocycles. The first kappa shape index (κ1) is 18.4. The second-order valence-electron chi connectivity index (χ2n) is 7.78. The summed E-state index contributed by atoms with van der Waals surface area (Å²) >= 11 is 0. The van der Waals surface area contributed by atoms with E-state index >= 15 is 0 Å². The van der Waals surface area contributed by atoms with Gasteiger partial charge in [-0.15, -0.1) is 0 Å². The van der Waals surface area contributed by atoms with Gasteiger partial charge in [0.25, 0.3) is 0 Å². The van der Waals surface area contributed by atoms with Gasteiger partial charge in [0.2, 0.25) is 0 Å². The van der Waals surface area contributed by atoms with E-state index < -0.39 is 0 Å². The molecule has 1 atom stereocenters. The summed E-state index contributed by atoms with van der Waals surface area (Å²) in [5.41, 5.74) is 2.41. The Hall–Kier alpha value is -2.58. The fourth-order valence-corrected chi connectivity index (χ4v) is 4.17. The van der Waals surface area contributed by atoms with Crippen molar-refractivity contribution in [3.8, 4) is 11.5 Å². The van der Waals surface area contributed by atoms with E-state index in [1.54, 1.807) is 16.7 Å². The molecule has 5 rings (SSSR count). The zero-order valence-electron chi connectivity index (χ0n) is 16.4. The maximum absolute atomic E-state index is 13.8. The lowest BCUT2D eigenvalue weighted by molar-refractivity contribution is 0.122. The van der Waals surface area contributed by atoms with Crippen molar-refractivity contribution in [2.75, 3.05) is 44.3 Å². The van der Waals surface area contributed by atoms with E-state index in [9.17, 15) is 4.39 Å². The van der Waals surface area contributed by atoms with Crippen molar-refractivity contribution in [2.24, 2.45) is 5.92 Å². The van der Waals surface area contributed by atoms with Crippen LogP contribution in [0, 0.1) is 11.7 Å². The van der Waals surface area contributed by atoms with Crippen molar-refractivity contribution in [1.29, 1.82) is 0 Å². The number of hydrogen-bond donors (Lipinski definition) is 1. The molecule has 2 saturated heterocycles. The molecule has 152 valence electrons. The number of halogens is 1. The zero-order valence-corrected chi connectivity index (χ0v) is 16.4. The molecule has 8 heteroatoms. The van der Waals surface area contributed by atoms with Crippen molar-refractivity contribution < 1.29 is 9.13 Å². The minimum atomic E-state index is -0.311. The molecule has 1 N–H and O–H groups in total. The van der Waals surface area contributed by atoms with Gasteiger partial charge in [0.1, 0.15) is 23.0 Å². The summed E-state index contributed by atoms with van der Waals surface area (Å²) in [5, 5.41) is 3.48. The molecular formula is C21H25FN6O. The van der Waals surface area contributed by atoms with Gasteiger partial charge < -0.3 is 15.0 Å². The number of morpholine rings is 1. The standard InChI is InChI=1S/C21H25FN6O/c22-16-3-4-19-24-13-18(28(19)14-16)21-25-17(10-15-2-1-5-23-12-15)11-20(26-21)27-6-8-29-9-7-27/h3-4,11,13-15,23H,1-2,5-10,12H2/t15-/m0/s1. The Morgan fingerprint density at radius 3 is 2.93 bits per heavy atom. The van der Waals surface area contributed by atoms with Crippen LogP contribution in [0.3, 0.4) is 0 Å². The van der Waals surface area contributed by atoms with E-state index in [0.717, 1.165) is 44.1 Å². The first-order valence-electron chi connectivity index (χ1n) is 10.3. The van der Waals surface area contributed by atoms with Crippen molar-refractivity contribution in [2.45, 2.75) is 19.3 Å². The van der Waals surface area contributed by atoms with Crippen molar-refractivity contribution in [3.63, 3.8) is 0 Å². The normalized spacial score (nSPS) is 20.3. The number of aromatic nitrogens is 4. The van der Waals surface area contributed by atoms with Crippen LogP contribution in [-0.2, 0) is 11.2 Å². The van der Waals surface area contributed by atoms with Gasteiger partial charge in [-0.3, -0.25) is 4.40 Å². The van der Waals surface area contributed by atoms with Crippen LogP contribution in [0.15, 0.2) is 30.6 Å². The van der Waals surface area contributed by atoms with Crippen LogP contribution in [-0.4, -0.2) is 58.7 Å². The molecule has 0 aromatic carbocycles. The fourth-order valence-electron chi connectivity index (χ4n) is 4.17. The van der Waals surface area contributed by atoms with E-state index in [1.807, 2.05) is 0 Å². The molecule has 5 heterocycles. The highest BCUT2D eigenvalue weighted by atomic mass is 19.1. The van der Waals surface area contributed by atoms with Crippen LogP contribution in [0.1, 0.15) is 18.5 Å². The summed E-state index contributed by atoms with van der Waals surface area (Å²) in [4.78, 5) is 16.3. The summed E-state index contributed by atoms with van der Waals surface area (Å²) in [6.45, 7) is 5.13. The summed E-state index contributed by atoms with van der Waals surface area (Å²) in [7, 11) is 0. The van der Waals surface area contributed by atoms with Crippen molar-refractivity contribution >= 4 is 11.5 Å². The number of piperidine rings is 1. The molecular weight excluding hydrogens is 371 g/mol. The molecule has 0 unspecified atom stereocenters. The minimum Gasteiger partial charge on any atom is -0.378 e. The summed E-state index contributed by atoms with van der Waals surface area (Å²) in [6.07, 6.45) is 6.47.